The number of aryl methyl sites for hydroxylation is 1. The Balaban J connectivity index is 1.66. The molecule has 0 aliphatic heterocycles. The van der Waals surface area contributed by atoms with Gasteiger partial charge in [-0.1, -0.05) is 36.0 Å². The lowest BCUT2D eigenvalue weighted by atomic mass is 10.1. The number of fused-ring (bicyclic) bond motifs is 1. The second-order valence-electron chi connectivity index (χ2n) is 5.60. The van der Waals surface area contributed by atoms with E-state index in [1.807, 2.05) is 43.3 Å². The predicted octanol–water partition coefficient (Wildman–Crippen LogP) is 3.80. The van der Waals surface area contributed by atoms with Crippen LogP contribution in [0, 0.1) is 6.92 Å². The van der Waals surface area contributed by atoms with Crippen molar-refractivity contribution in [1.29, 1.82) is 0 Å². The van der Waals surface area contributed by atoms with E-state index in [2.05, 4.69) is 25.5 Å². The van der Waals surface area contributed by atoms with Crippen molar-refractivity contribution in [3.63, 3.8) is 0 Å². The maximum Gasteiger partial charge on any atom is 0.292 e. The molecular formula is C18H15N5O2S. The number of rotatable bonds is 5. The Kier molecular flexibility index (Phi) is 4.40. The summed E-state index contributed by atoms with van der Waals surface area (Å²) in [5.74, 6) is 0.967. The third-order valence-corrected chi connectivity index (χ3v) is 4.68. The summed E-state index contributed by atoms with van der Waals surface area (Å²) < 4.78 is 5.83. The standard InChI is InChI=1S/C18H15N5O2S/c1-11-5-4-8-15(21-11)22-17(24)16-13(9-26-18-19-10-20-23-18)12-6-2-3-7-14(12)25-16/h2-8,10H,9H2,1H3,(H,19,20,23)(H,21,22,24). The number of amides is 1. The van der Waals surface area contributed by atoms with Gasteiger partial charge in [0, 0.05) is 22.4 Å². The van der Waals surface area contributed by atoms with Gasteiger partial charge in [-0.25, -0.2) is 9.97 Å². The predicted molar refractivity (Wildman–Crippen MR) is 99.1 cm³/mol. The molecule has 0 saturated carbocycles. The van der Waals surface area contributed by atoms with E-state index in [1.165, 1.54) is 18.1 Å². The lowest BCUT2D eigenvalue weighted by molar-refractivity contribution is 0.0997. The minimum Gasteiger partial charge on any atom is -0.451 e. The fourth-order valence-electron chi connectivity index (χ4n) is 2.62. The van der Waals surface area contributed by atoms with Crippen molar-refractivity contribution in [2.24, 2.45) is 0 Å². The molecule has 8 heteroatoms. The van der Waals surface area contributed by atoms with Crippen molar-refractivity contribution < 1.29 is 9.21 Å². The maximum absolute atomic E-state index is 12.8. The molecule has 0 atom stereocenters. The number of H-pyrrole nitrogens is 1. The highest BCUT2D eigenvalue weighted by atomic mass is 32.2. The van der Waals surface area contributed by atoms with Crippen LogP contribution in [-0.2, 0) is 5.75 Å². The van der Waals surface area contributed by atoms with E-state index in [0.717, 1.165) is 16.6 Å². The zero-order valence-electron chi connectivity index (χ0n) is 13.9. The Morgan fingerprint density at radius 3 is 2.92 bits per heavy atom. The first-order valence-electron chi connectivity index (χ1n) is 7.94. The van der Waals surface area contributed by atoms with Crippen molar-refractivity contribution in [1.82, 2.24) is 20.2 Å². The third-order valence-electron chi connectivity index (χ3n) is 3.78. The summed E-state index contributed by atoms with van der Waals surface area (Å²) in [6.45, 7) is 1.87. The average Bonchev–Trinajstić information content (AvgIpc) is 3.27. The van der Waals surface area contributed by atoms with Gasteiger partial charge in [0.1, 0.15) is 17.7 Å². The molecule has 1 amide bonds. The number of carbonyl (C=O) groups excluding carboxylic acids is 1. The topological polar surface area (TPSA) is 96.7 Å². The molecule has 0 aliphatic carbocycles. The average molecular weight is 365 g/mol. The summed E-state index contributed by atoms with van der Waals surface area (Å²) in [6.07, 6.45) is 1.45. The molecule has 0 fully saturated rings. The lowest BCUT2D eigenvalue weighted by Gasteiger charge is -2.05. The van der Waals surface area contributed by atoms with Gasteiger partial charge in [-0.3, -0.25) is 9.89 Å². The molecule has 0 spiro atoms. The van der Waals surface area contributed by atoms with E-state index < -0.39 is 0 Å². The van der Waals surface area contributed by atoms with Crippen molar-refractivity contribution in [3.8, 4) is 0 Å². The number of aromatic amines is 1. The van der Waals surface area contributed by atoms with Gasteiger partial charge in [0.25, 0.3) is 5.91 Å². The number of pyridine rings is 1. The van der Waals surface area contributed by atoms with Crippen LogP contribution in [0.1, 0.15) is 21.8 Å². The van der Waals surface area contributed by atoms with Crippen molar-refractivity contribution in [2.45, 2.75) is 17.8 Å². The van der Waals surface area contributed by atoms with Crippen LogP contribution in [-0.4, -0.2) is 26.1 Å². The molecule has 0 bridgehead atoms. The monoisotopic (exact) mass is 365 g/mol. The first kappa shape index (κ1) is 16.3. The molecular weight excluding hydrogens is 350 g/mol. The molecule has 0 aliphatic rings. The second-order valence-corrected chi connectivity index (χ2v) is 6.57. The SMILES string of the molecule is Cc1cccc(NC(=O)c2oc3ccccc3c2CSc2ncn[nH]2)n1. The fourth-order valence-corrected chi connectivity index (χ4v) is 3.42. The Hall–Kier alpha value is -3.13. The molecule has 26 heavy (non-hydrogen) atoms. The number of anilines is 1. The minimum atomic E-state index is -0.326. The van der Waals surface area contributed by atoms with Gasteiger partial charge in [0.15, 0.2) is 10.9 Å². The summed E-state index contributed by atoms with van der Waals surface area (Å²) in [5.41, 5.74) is 2.31. The fraction of sp³-hybridized carbons (Fsp3) is 0.111. The Morgan fingerprint density at radius 1 is 1.23 bits per heavy atom. The summed E-state index contributed by atoms with van der Waals surface area (Å²) >= 11 is 1.46. The number of carbonyl (C=O) groups is 1. The summed E-state index contributed by atoms with van der Waals surface area (Å²) in [5, 5.41) is 11.0. The highest BCUT2D eigenvalue weighted by Crippen LogP contribution is 2.31. The second kappa shape index (κ2) is 7.01. The van der Waals surface area contributed by atoms with Gasteiger partial charge < -0.3 is 9.73 Å². The molecule has 130 valence electrons. The molecule has 7 nitrogen and oxygen atoms in total. The third kappa shape index (κ3) is 3.31. The van der Waals surface area contributed by atoms with Crippen molar-refractivity contribution in [2.75, 3.05) is 5.32 Å². The first-order chi connectivity index (χ1) is 12.7. The number of furan rings is 1. The van der Waals surface area contributed by atoms with E-state index in [1.54, 1.807) is 6.07 Å². The molecule has 2 N–H and O–H groups in total. The van der Waals surface area contributed by atoms with E-state index in [-0.39, 0.29) is 11.7 Å². The van der Waals surface area contributed by atoms with Gasteiger partial charge in [0.2, 0.25) is 0 Å². The van der Waals surface area contributed by atoms with Crippen LogP contribution >= 0.6 is 11.8 Å². The highest BCUT2D eigenvalue weighted by Gasteiger charge is 2.21. The van der Waals surface area contributed by atoms with Crippen LogP contribution in [0.2, 0.25) is 0 Å². The number of para-hydroxylation sites is 1. The zero-order chi connectivity index (χ0) is 17.9. The van der Waals surface area contributed by atoms with Gasteiger partial charge in [0.05, 0.1) is 0 Å². The van der Waals surface area contributed by atoms with Crippen LogP contribution in [0.5, 0.6) is 0 Å². The van der Waals surface area contributed by atoms with Crippen LogP contribution in [0.3, 0.4) is 0 Å². The molecule has 0 saturated heterocycles. The molecule has 0 radical (unpaired) electrons. The Labute approximate surface area is 153 Å². The quantitative estimate of drug-likeness (QED) is 0.522. The number of benzene rings is 1. The normalized spacial score (nSPS) is 11.0. The molecule has 1 aromatic carbocycles. The van der Waals surface area contributed by atoms with E-state index in [0.29, 0.717) is 22.3 Å². The molecule has 0 unspecified atom stereocenters. The molecule has 3 aromatic heterocycles. The van der Waals surface area contributed by atoms with Crippen LogP contribution in [0.15, 0.2) is 58.4 Å². The molecule has 3 heterocycles. The van der Waals surface area contributed by atoms with E-state index >= 15 is 0 Å². The summed E-state index contributed by atoms with van der Waals surface area (Å²) in [7, 11) is 0. The van der Waals surface area contributed by atoms with Gasteiger partial charge >= 0.3 is 0 Å². The lowest BCUT2D eigenvalue weighted by Crippen LogP contribution is -2.14. The number of hydrogen-bond donors (Lipinski definition) is 2. The van der Waals surface area contributed by atoms with E-state index in [4.69, 9.17) is 4.42 Å². The summed E-state index contributed by atoms with van der Waals surface area (Å²) in [4.78, 5) is 21.2. The largest absolute Gasteiger partial charge is 0.451 e. The van der Waals surface area contributed by atoms with Crippen LogP contribution < -0.4 is 5.32 Å². The molecule has 4 rings (SSSR count). The Bertz CT molecular complexity index is 1060. The van der Waals surface area contributed by atoms with Gasteiger partial charge in [-0.15, -0.1) is 0 Å². The summed E-state index contributed by atoms with van der Waals surface area (Å²) in [6, 6.07) is 13.0. The molecule has 4 aromatic rings. The number of aromatic nitrogens is 4. The zero-order valence-corrected chi connectivity index (χ0v) is 14.7. The van der Waals surface area contributed by atoms with Gasteiger partial charge in [-0.2, -0.15) is 5.10 Å². The van der Waals surface area contributed by atoms with Crippen LogP contribution in [0.4, 0.5) is 5.82 Å². The van der Waals surface area contributed by atoms with Crippen molar-refractivity contribution >= 4 is 34.5 Å². The van der Waals surface area contributed by atoms with Gasteiger partial charge in [-0.05, 0) is 25.1 Å². The Morgan fingerprint density at radius 2 is 2.12 bits per heavy atom. The number of thioether (sulfide) groups is 1. The maximum atomic E-state index is 12.8. The minimum absolute atomic E-state index is 0.279. The van der Waals surface area contributed by atoms with Crippen molar-refractivity contribution in [3.05, 3.63) is 65.8 Å². The number of hydrogen-bond acceptors (Lipinski definition) is 6. The highest BCUT2D eigenvalue weighted by molar-refractivity contribution is 7.98. The number of nitrogens with zero attached hydrogens (tertiary/aromatic N) is 3. The van der Waals surface area contributed by atoms with Crippen LogP contribution in [0.25, 0.3) is 11.0 Å². The first-order valence-corrected chi connectivity index (χ1v) is 8.93. The smallest absolute Gasteiger partial charge is 0.292 e. The van der Waals surface area contributed by atoms with E-state index in [9.17, 15) is 4.79 Å². The number of nitrogens with one attached hydrogen (secondary N) is 2.